The molecule has 2 aromatic rings. The van der Waals surface area contributed by atoms with Crippen LogP contribution in [-0.4, -0.2) is 35.3 Å². The zero-order valence-corrected chi connectivity index (χ0v) is 13.5. The van der Waals surface area contributed by atoms with Gasteiger partial charge in [-0.25, -0.2) is 0 Å². The number of ether oxygens (including phenoxy) is 1. The molecule has 1 N–H and O–H groups in total. The Bertz CT molecular complexity index is 689. The molecule has 1 aromatic carbocycles. The molecule has 1 aliphatic rings. The lowest BCUT2D eigenvalue weighted by molar-refractivity contribution is -0.123. The number of hydrogen-bond donors (Lipinski definition) is 1. The van der Waals surface area contributed by atoms with Crippen molar-refractivity contribution in [1.29, 1.82) is 0 Å². The molecular weight excluding hydrogens is 318 g/mol. The summed E-state index contributed by atoms with van der Waals surface area (Å²) >= 11 is 5.95. The van der Waals surface area contributed by atoms with Crippen molar-refractivity contribution in [2.75, 3.05) is 13.2 Å². The number of carbonyl (C=O) groups is 1. The predicted molar refractivity (Wildman–Crippen MR) is 85.0 cm³/mol. The first-order valence-electron chi connectivity index (χ1n) is 7.65. The van der Waals surface area contributed by atoms with Crippen molar-refractivity contribution in [3.8, 4) is 11.4 Å². The van der Waals surface area contributed by atoms with Crippen LogP contribution in [0.2, 0.25) is 5.02 Å². The van der Waals surface area contributed by atoms with Crippen molar-refractivity contribution in [1.82, 2.24) is 15.5 Å². The Morgan fingerprint density at radius 1 is 1.52 bits per heavy atom. The largest absolute Gasteiger partial charge is 0.378 e. The summed E-state index contributed by atoms with van der Waals surface area (Å²) in [6.45, 7) is 3.04. The highest BCUT2D eigenvalue weighted by Crippen LogP contribution is 2.33. The number of hydrogen-bond acceptors (Lipinski definition) is 5. The van der Waals surface area contributed by atoms with E-state index in [1.54, 1.807) is 12.1 Å². The van der Waals surface area contributed by atoms with E-state index in [4.69, 9.17) is 20.9 Å². The summed E-state index contributed by atoms with van der Waals surface area (Å²) in [5.41, 5.74) is 0.800. The highest BCUT2D eigenvalue weighted by molar-refractivity contribution is 6.30. The van der Waals surface area contributed by atoms with Crippen molar-refractivity contribution in [2.24, 2.45) is 5.92 Å². The number of benzene rings is 1. The van der Waals surface area contributed by atoms with Crippen LogP contribution < -0.4 is 5.32 Å². The molecule has 23 heavy (non-hydrogen) atoms. The molecule has 1 aliphatic carbocycles. The van der Waals surface area contributed by atoms with Crippen LogP contribution in [0.1, 0.15) is 19.2 Å². The number of carbonyl (C=O) groups excluding carboxylic acids is 1. The topological polar surface area (TPSA) is 77.2 Å². The average Bonchev–Trinajstić information content (AvgIpc) is 3.15. The SMILES string of the molecule is CCO[C@@H]1C[C@H]1C(=O)NCCc1nc(-c2cccc(Cl)c2)no1. The molecule has 7 heteroatoms. The number of halogens is 1. The van der Waals surface area contributed by atoms with Gasteiger partial charge in [-0.1, -0.05) is 28.9 Å². The first-order chi connectivity index (χ1) is 11.2. The quantitative estimate of drug-likeness (QED) is 0.841. The fraction of sp³-hybridized carbons (Fsp3) is 0.438. The van der Waals surface area contributed by atoms with Crippen LogP contribution in [0.3, 0.4) is 0 Å². The van der Waals surface area contributed by atoms with E-state index in [0.717, 1.165) is 12.0 Å². The summed E-state index contributed by atoms with van der Waals surface area (Å²) in [6.07, 6.45) is 1.38. The van der Waals surface area contributed by atoms with Gasteiger partial charge in [0.05, 0.1) is 12.0 Å². The summed E-state index contributed by atoms with van der Waals surface area (Å²) in [5.74, 6) is 0.988. The Morgan fingerprint density at radius 2 is 2.39 bits per heavy atom. The highest BCUT2D eigenvalue weighted by atomic mass is 35.5. The zero-order chi connectivity index (χ0) is 16.2. The van der Waals surface area contributed by atoms with Gasteiger partial charge in [-0.15, -0.1) is 0 Å². The van der Waals surface area contributed by atoms with Gasteiger partial charge in [0.1, 0.15) is 0 Å². The second kappa shape index (κ2) is 7.10. The Balaban J connectivity index is 1.47. The Hall–Kier alpha value is -1.92. The van der Waals surface area contributed by atoms with E-state index in [2.05, 4.69) is 15.5 Å². The van der Waals surface area contributed by atoms with Gasteiger partial charge in [0.25, 0.3) is 0 Å². The van der Waals surface area contributed by atoms with E-state index in [9.17, 15) is 4.79 Å². The van der Waals surface area contributed by atoms with Gasteiger partial charge in [-0.2, -0.15) is 4.98 Å². The Labute approximate surface area is 139 Å². The maximum atomic E-state index is 11.9. The van der Waals surface area contributed by atoms with Crippen LogP contribution in [0.4, 0.5) is 0 Å². The molecule has 0 spiro atoms. The molecule has 1 heterocycles. The molecule has 6 nitrogen and oxygen atoms in total. The third kappa shape index (κ3) is 4.09. The van der Waals surface area contributed by atoms with Gasteiger partial charge < -0.3 is 14.6 Å². The van der Waals surface area contributed by atoms with Gasteiger partial charge in [0, 0.05) is 30.2 Å². The van der Waals surface area contributed by atoms with Crippen molar-refractivity contribution in [2.45, 2.75) is 25.9 Å². The molecule has 1 aromatic heterocycles. The van der Waals surface area contributed by atoms with Crippen molar-refractivity contribution in [3.05, 3.63) is 35.2 Å². The molecule has 0 radical (unpaired) electrons. The molecule has 122 valence electrons. The van der Waals surface area contributed by atoms with Crippen LogP contribution in [0.5, 0.6) is 0 Å². The van der Waals surface area contributed by atoms with Gasteiger partial charge in [-0.3, -0.25) is 4.79 Å². The maximum absolute atomic E-state index is 11.9. The first kappa shape index (κ1) is 16.0. The molecule has 0 saturated heterocycles. The van der Waals surface area contributed by atoms with Crippen molar-refractivity contribution in [3.63, 3.8) is 0 Å². The standard InChI is InChI=1S/C16H18ClN3O3/c1-2-22-13-9-12(13)16(21)18-7-6-14-19-15(20-23-14)10-4-3-5-11(17)8-10/h3-5,8,12-13H,2,6-7,9H2,1H3,(H,18,21)/t12-,13-/m1/s1. The smallest absolute Gasteiger partial charge is 0.228 e. The number of aromatic nitrogens is 2. The molecule has 0 aliphatic heterocycles. The van der Waals surface area contributed by atoms with Crippen LogP contribution in [0.25, 0.3) is 11.4 Å². The number of nitrogens with one attached hydrogen (secondary N) is 1. The minimum Gasteiger partial charge on any atom is -0.378 e. The monoisotopic (exact) mass is 335 g/mol. The predicted octanol–water partition coefficient (Wildman–Crippen LogP) is 2.47. The third-order valence-electron chi connectivity index (χ3n) is 3.64. The summed E-state index contributed by atoms with van der Waals surface area (Å²) < 4.78 is 10.6. The fourth-order valence-corrected chi connectivity index (χ4v) is 2.56. The van der Waals surface area contributed by atoms with Crippen molar-refractivity contribution >= 4 is 17.5 Å². The lowest BCUT2D eigenvalue weighted by atomic mass is 10.2. The van der Waals surface area contributed by atoms with Gasteiger partial charge in [0.15, 0.2) is 0 Å². The summed E-state index contributed by atoms with van der Waals surface area (Å²) in [7, 11) is 0. The lowest BCUT2D eigenvalue weighted by Gasteiger charge is -2.02. The molecule has 1 saturated carbocycles. The second-order valence-electron chi connectivity index (χ2n) is 5.40. The number of nitrogens with zero attached hydrogens (tertiary/aromatic N) is 2. The van der Waals surface area contributed by atoms with Gasteiger partial charge in [0.2, 0.25) is 17.6 Å². The van der Waals surface area contributed by atoms with Gasteiger partial charge >= 0.3 is 0 Å². The molecule has 1 fully saturated rings. The van der Waals surface area contributed by atoms with Gasteiger partial charge in [-0.05, 0) is 25.5 Å². The fourth-order valence-electron chi connectivity index (χ4n) is 2.37. The average molecular weight is 336 g/mol. The molecular formula is C16H18ClN3O3. The maximum Gasteiger partial charge on any atom is 0.228 e. The van der Waals surface area contributed by atoms with E-state index >= 15 is 0 Å². The lowest BCUT2D eigenvalue weighted by Crippen LogP contribution is -2.28. The summed E-state index contributed by atoms with van der Waals surface area (Å²) in [4.78, 5) is 16.2. The van der Waals surface area contributed by atoms with Crippen molar-refractivity contribution < 1.29 is 14.1 Å². The second-order valence-corrected chi connectivity index (χ2v) is 5.84. The summed E-state index contributed by atoms with van der Waals surface area (Å²) in [5, 5.41) is 7.42. The van der Waals surface area contributed by atoms with E-state index < -0.39 is 0 Å². The molecule has 0 bridgehead atoms. The Morgan fingerprint density at radius 3 is 3.17 bits per heavy atom. The summed E-state index contributed by atoms with van der Waals surface area (Å²) in [6, 6.07) is 7.26. The molecule has 0 unspecified atom stereocenters. The van der Waals surface area contributed by atoms with E-state index in [1.165, 1.54) is 0 Å². The van der Waals surface area contributed by atoms with Crippen LogP contribution in [0.15, 0.2) is 28.8 Å². The normalized spacial score (nSPS) is 19.6. The minimum atomic E-state index is -0.0142. The highest BCUT2D eigenvalue weighted by Gasteiger charge is 2.43. The first-order valence-corrected chi connectivity index (χ1v) is 8.03. The molecule has 3 rings (SSSR count). The minimum absolute atomic E-state index is 0.0142. The Kier molecular flexibility index (Phi) is 4.93. The number of rotatable bonds is 7. The van der Waals surface area contributed by atoms with Crippen LogP contribution in [-0.2, 0) is 16.0 Å². The molecule has 2 atom stereocenters. The van der Waals surface area contributed by atoms with E-state index in [1.807, 2.05) is 19.1 Å². The zero-order valence-electron chi connectivity index (χ0n) is 12.8. The molecule has 1 amide bonds. The van der Waals surface area contributed by atoms with Crippen LogP contribution >= 0.6 is 11.6 Å². The van der Waals surface area contributed by atoms with E-state index in [-0.39, 0.29) is 17.9 Å². The number of amides is 1. The van der Waals surface area contributed by atoms with E-state index in [0.29, 0.717) is 36.3 Å². The van der Waals surface area contributed by atoms with Crippen LogP contribution in [0, 0.1) is 5.92 Å². The third-order valence-corrected chi connectivity index (χ3v) is 3.87.